The fourth-order valence-corrected chi connectivity index (χ4v) is 3.73. The van der Waals surface area contributed by atoms with E-state index < -0.39 is 8.80 Å². The van der Waals surface area contributed by atoms with Gasteiger partial charge in [0.1, 0.15) is 0 Å². The van der Waals surface area contributed by atoms with Gasteiger partial charge in [-0.3, -0.25) is 0 Å². The first-order chi connectivity index (χ1) is 8.24. The Labute approximate surface area is 108 Å². The Hall–Kier alpha value is -0.163. The van der Waals surface area contributed by atoms with Crippen LogP contribution in [-0.2, 0) is 13.3 Å². The summed E-state index contributed by atoms with van der Waals surface area (Å²) in [5, 5.41) is 0. The average Bonchev–Trinajstić information content (AvgIpc) is 2.34. The third-order valence-electron chi connectivity index (χ3n) is 2.14. The van der Waals surface area contributed by atoms with Gasteiger partial charge in [-0.25, -0.2) is 0 Å². The maximum absolute atomic E-state index is 5.88. The number of hydrogen-bond donors (Lipinski definition) is 0. The van der Waals surface area contributed by atoms with E-state index in [0.717, 1.165) is 25.7 Å². The van der Waals surface area contributed by atoms with Gasteiger partial charge in [-0.2, -0.15) is 0 Å². The zero-order valence-corrected chi connectivity index (χ0v) is 12.8. The summed E-state index contributed by atoms with van der Waals surface area (Å²) in [5.41, 5.74) is 2.05. The first kappa shape index (κ1) is 16.8. The zero-order valence-electron chi connectivity index (χ0n) is 11.8. The molecule has 0 N–H and O–H groups in total. The number of allylic oxidation sites excluding steroid dienone is 1. The Bertz CT molecular complexity index is 187. The molecule has 0 bridgehead atoms. The standard InChI is InChI=1S/C13H28O3Si/c1-5-9-10-13-17(14-8-4,15-11-6-2)16-12-7-3/h10,13H,5-9,11-12H2,1-4H3. The summed E-state index contributed by atoms with van der Waals surface area (Å²) in [5.74, 6) is 0. The van der Waals surface area contributed by atoms with Gasteiger partial charge in [0.15, 0.2) is 0 Å². The quantitative estimate of drug-likeness (QED) is 0.530. The van der Waals surface area contributed by atoms with Gasteiger partial charge in [0, 0.05) is 19.8 Å². The SMILES string of the molecule is CCCC=C[Si](OCC)(OCCC)OCCC. The molecule has 0 radical (unpaired) electrons. The maximum Gasteiger partial charge on any atom is 0.529 e. The average molecular weight is 260 g/mol. The van der Waals surface area contributed by atoms with E-state index in [1.165, 1.54) is 0 Å². The van der Waals surface area contributed by atoms with Crippen LogP contribution in [0.25, 0.3) is 0 Å². The van der Waals surface area contributed by atoms with Crippen molar-refractivity contribution in [1.82, 2.24) is 0 Å². The summed E-state index contributed by atoms with van der Waals surface area (Å²) < 4.78 is 17.5. The molecule has 0 aromatic heterocycles. The molecule has 0 spiro atoms. The van der Waals surface area contributed by atoms with Crippen LogP contribution in [0.1, 0.15) is 53.4 Å². The minimum absolute atomic E-state index is 0.635. The topological polar surface area (TPSA) is 27.7 Å². The summed E-state index contributed by atoms with van der Waals surface area (Å²) >= 11 is 0. The fourth-order valence-electron chi connectivity index (χ4n) is 1.35. The first-order valence-corrected chi connectivity index (χ1v) is 8.64. The number of hydrogen-bond acceptors (Lipinski definition) is 3. The molecule has 0 saturated heterocycles. The highest BCUT2D eigenvalue weighted by atomic mass is 28.4. The smallest absolute Gasteiger partial charge is 0.371 e. The molecule has 3 nitrogen and oxygen atoms in total. The summed E-state index contributed by atoms with van der Waals surface area (Å²) in [7, 11) is -2.56. The molecule has 0 amide bonds. The highest BCUT2D eigenvalue weighted by Gasteiger charge is 2.37. The van der Waals surface area contributed by atoms with Crippen LogP contribution < -0.4 is 0 Å². The molecule has 0 atom stereocenters. The normalized spacial score (nSPS) is 12.5. The van der Waals surface area contributed by atoms with Gasteiger partial charge < -0.3 is 13.3 Å². The molecule has 17 heavy (non-hydrogen) atoms. The molecule has 0 aliphatic heterocycles. The van der Waals surface area contributed by atoms with Crippen molar-refractivity contribution in [2.24, 2.45) is 0 Å². The Morgan fingerprint density at radius 2 is 1.41 bits per heavy atom. The molecule has 0 aromatic carbocycles. The van der Waals surface area contributed by atoms with E-state index >= 15 is 0 Å². The van der Waals surface area contributed by atoms with E-state index in [1.807, 2.05) is 12.6 Å². The minimum Gasteiger partial charge on any atom is -0.371 e. The van der Waals surface area contributed by atoms with Crippen LogP contribution in [0.4, 0.5) is 0 Å². The Kier molecular flexibility index (Phi) is 10.9. The van der Waals surface area contributed by atoms with Crippen LogP contribution >= 0.6 is 0 Å². The number of unbranched alkanes of at least 4 members (excludes halogenated alkanes) is 1. The highest BCUT2D eigenvalue weighted by molar-refractivity contribution is 6.66. The lowest BCUT2D eigenvalue weighted by atomic mass is 10.3. The molecule has 0 unspecified atom stereocenters. The second-order valence-electron chi connectivity index (χ2n) is 3.92. The van der Waals surface area contributed by atoms with E-state index in [4.69, 9.17) is 13.3 Å². The van der Waals surface area contributed by atoms with E-state index in [2.05, 4.69) is 26.8 Å². The van der Waals surface area contributed by atoms with Crippen molar-refractivity contribution < 1.29 is 13.3 Å². The molecule has 102 valence electrons. The Balaban J connectivity index is 4.54. The fraction of sp³-hybridized carbons (Fsp3) is 0.846. The van der Waals surface area contributed by atoms with Crippen LogP contribution in [0.2, 0.25) is 0 Å². The van der Waals surface area contributed by atoms with Crippen LogP contribution in [0, 0.1) is 0 Å². The molecule has 0 fully saturated rings. The van der Waals surface area contributed by atoms with E-state index in [1.54, 1.807) is 0 Å². The lowest BCUT2D eigenvalue weighted by Gasteiger charge is -2.26. The van der Waals surface area contributed by atoms with Crippen LogP contribution in [-0.4, -0.2) is 28.6 Å². The number of rotatable bonds is 11. The molecule has 0 saturated carbocycles. The van der Waals surface area contributed by atoms with Crippen molar-refractivity contribution in [3.05, 3.63) is 11.8 Å². The van der Waals surface area contributed by atoms with Crippen molar-refractivity contribution in [2.75, 3.05) is 19.8 Å². The minimum atomic E-state index is -2.56. The van der Waals surface area contributed by atoms with Gasteiger partial charge in [-0.05, 0) is 31.9 Å². The Morgan fingerprint density at radius 1 is 0.824 bits per heavy atom. The second-order valence-corrected chi connectivity index (χ2v) is 6.33. The zero-order chi connectivity index (χ0) is 13.0. The van der Waals surface area contributed by atoms with Crippen LogP contribution in [0.15, 0.2) is 11.8 Å². The molecule has 0 aromatic rings. The van der Waals surface area contributed by atoms with Crippen molar-refractivity contribution in [1.29, 1.82) is 0 Å². The molecule has 0 rings (SSSR count). The predicted molar refractivity (Wildman–Crippen MR) is 73.9 cm³/mol. The predicted octanol–water partition coefficient (Wildman–Crippen LogP) is 3.71. The summed E-state index contributed by atoms with van der Waals surface area (Å²) in [6.07, 6.45) is 6.28. The molecular weight excluding hydrogens is 232 g/mol. The molecular formula is C13H28O3Si. The van der Waals surface area contributed by atoms with Crippen LogP contribution in [0.3, 0.4) is 0 Å². The van der Waals surface area contributed by atoms with Crippen molar-refractivity contribution in [2.45, 2.75) is 53.4 Å². The monoisotopic (exact) mass is 260 g/mol. The summed E-state index contributed by atoms with van der Waals surface area (Å²) in [4.78, 5) is 0. The molecule has 4 heteroatoms. The van der Waals surface area contributed by atoms with Gasteiger partial charge in [0.05, 0.1) is 0 Å². The van der Waals surface area contributed by atoms with Gasteiger partial charge in [0.25, 0.3) is 0 Å². The Morgan fingerprint density at radius 3 is 1.82 bits per heavy atom. The van der Waals surface area contributed by atoms with Crippen molar-refractivity contribution in [3.63, 3.8) is 0 Å². The molecule has 0 aliphatic rings. The van der Waals surface area contributed by atoms with Crippen molar-refractivity contribution in [3.8, 4) is 0 Å². The lowest BCUT2D eigenvalue weighted by Crippen LogP contribution is -2.45. The largest absolute Gasteiger partial charge is 0.529 e. The molecule has 0 aliphatic carbocycles. The van der Waals surface area contributed by atoms with Gasteiger partial charge in [0.2, 0.25) is 0 Å². The summed E-state index contributed by atoms with van der Waals surface area (Å²) in [6.45, 7) is 10.4. The van der Waals surface area contributed by atoms with E-state index in [9.17, 15) is 0 Å². The van der Waals surface area contributed by atoms with Crippen molar-refractivity contribution >= 4 is 8.80 Å². The van der Waals surface area contributed by atoms with E-state index in [-0.39, 0.29) is 0 Å². The van der Waals surface area contributed by atoms with Gasteiger partial charge in [-0.1, -0.05) is 33.3 Å². The highest BCUT2D eigenvalue weighted by Crippen LogP contribution is 2.14. The van der Waals surface area contributed by atoms with Gasteiger partial charge >= 0.3 is 8.80 Å². The second kappa shape index (κ2) is 11.0. The third kappa shape index (κ3) is 7.71. The lowest BCUT2D eigenvalue weighted by molar-refractivity contribution is 0.0756. The van der Waals surface area contributed by atoms with Gasteiger partial charge in [-0.15, -0.1) is 0 Å². The summed E-state index contributed by atoms with van der Waals surface area (Å²) in [6, 6.07) is 0. The maximum atomic E-state index is 5.88. The van der Waals surface area contributed by atoms with E-state index in [0.29, 0.717) is 19.8 Å². The molecule has 0 heterocycles. The third-order valence-corrected chi connectivity index (χ3v) is 4.69. The van der Waals surface area contributed by atoms with Crippen LogP contribution in [0.5, 0.6) is 0 Å². The first-order valence-electron chi connectivity index (χ1n) is 6.84.